The van der Waals surface area contributed by atoms with E-state index in [1.165, 1.54) is 205 Å². The van der Waals surface area contributed by atoms with Gasteiger partial charge in [0.05, 0.1) is 26.4 Å². The minimum absolute atomic E-state index is 0.108. The molecule has 3 N–H and O–H groups in total. The van der Waals surface area contributed by atoms with Gasteiger partial charge in [0, 0.05) is 25.7 Å². The number of carbonyl (C=O) groups excluding carboxylic acids is 4. The molecule has 0 aliphatic heterocycles. The van der Waals surface area contributed by atoms with E-state index in [-0.39, 0.29) is 25.7 Å². The highest BCUT2D eigenvalue weighted by atomic mass is 31.2. The Labute approximate surface area is 562 Å². The molecule has 5 atom stereocenters. The fourth-order valence-electron chi connectivity index (χ4n) is 11.2. The van der Waals surface area contributed by atoms with Gasteiger partial charge in [-0.1, -0.05) is 330 Å². The lowest BCUT2D eigenvalue weighted by Crippen LogP contribution is -2.30. The molecular formula is C73H142O17P2. The summed E-state index contributed by atoms with van der Waals surface area (Å²) in [5.41, 5.74) is 0. The van der Waals surface area contributed by atoms with Gasteiger partial charge in [0.2, 0.25) is 0 Å². The minimum atomic E-state index is -4.95. The van der Waals surface area contributed by atoms with Crippen LogP contribution in [-0.4, -0.2) is 96.7 Å². The molecule has 0 aromatic rings. The standard InChI is InChI=1S/C73H142O17P2/c1-6-9-12-15-18-21-23-25-26-27-29-33-39-44-49-54-59-73(78)90-69(63-84-71(76)57-52-47-42-37-34-30-31-36-40-45-50-55-66(4)5)65-88-92(81,82)86-61-67(74)60-85-91(79,80)87-64-68(62-83-70(75)56-51-46-41-35-20-17-14-11-8-3)89-72(77)58-53-48-43-38-32-28-24-22-19-16-13-10-7-2/h66-69,74H,6-65H2,1-5H3,(H,79,80)(H,81,82)/t67-,68+,69+/m0/s1. The second kappa shape index (κ2) is 66.3. The smallest absolute Gasteiger partial charge is 0.462 e. The van der Waals surface area contributed by atoms with Gasteiger partial charge in [0.15, 0.2) is 12.2 Å². The molecule has 0 aliphatic rings. The molecule has 0 fully saturated rings. The van der Waals surface area contributed by atoms with Crippen LogP contribution in [0.1, 0.15) is 381 Å². The van der Waals surface area contributed by atoms with Crippen molar-refractivity contribution < 1.29 is 80.2 Å². The van der Waals surface area contributed by atoms with E-state index in [1.54, 1.807) is 0 Å². The first-order valence-electron chi connectivity index (χ1n) is 38.1. The van der Waals surface area contributed by atoms with Gasteiger partial charge in [-0.15, -0.1) is 0 Å². The van der Waals surface area contributed by atoms with Gasteiger partial charge in [0.1, 0.15) is 19.3 Å². The molecule has 0 saturated heterocycles. The zero-order chi connectivity index (χ0) is 67.7. The normalized spacial score (nSPS) is 14.0. The molecule has 92 heavy (non-hydrogen) atoms. The summed E-state index contributed by atoms with van der Waals surface area (Å²) in [5.74, 6) is -1.35. The Morgan fingerprint density at radius 2 is 0.500 bits per heavy atom. The van der Waals surface area contributed by atoms with Crippen molar-refractivity contribution in [3.63, 3.8) is 0 Å². The number of aliphatic hydroxyl groups excluding tert-OH is 1. The first-order chi connectivity index (χ1) is 44.5. The van der Waals surface area contributed by atoms with Crippen LogP contribution in [0.4, 0.5) is 0 Å². The lowest BCUT2D eigenvalue weighted by molar-refractivity contribution is -0.161. The monoisotopic (exact) mass is 1350 g/mol. The van der Waals surface area contributed by atoms with Gasteiger partial charge >= 0.3 is 39.5 Å². The Hall–Kier alpha value is -1.94. The van der Waals surface area contributed by atoms with Crippen LogP contribution >= 0.6 is 15.6 Å². The zero-order valence-corrected chi connectivity index (χ0v) is 61.5. The molecule has 0 saturated carbocycles. The molecule has 0 aromatic carbocycles. The van der Waals surface area contributed by atoms with E-state index in [4.69, 9.17) is 37.0 Å². The van der Waals surface area contributed by atoms with Crippen molar-refractivity contribution in [2.24, 2.45) is 5.92 Å². The Morgan fingerprint density at radius 1 is 0.293 bits per heavy atom. The number of esters is 4. The summed E-state index contributed by atoms with van der Waals surface area (Å²) >= 11 is 0. The number of carbonyl (C=O) groups is 4. The number of phosphoric acid groups is 2. The lowest BCUT2D eigenvalue weighted by atomic mass is 10.0. The predicted molar refractivity (Wildman–Crippen MR) is 372 cm³/mol. The number of phosphoric ester groups is 2. The van der Waals surface area contributed by atoms with Crippen LogP contribution in [0, 0.1) is 5.92 Å². The van der Waals surface area contributed by atoms with Crippen LogP contribution in [0.5, 0.6) is 0 Å². The van der Waals surface area contributed by atoms with E-state index in [0.29, 0.717) is 25.7 Å². The first kappa shape index (κ1) is 90.1. The van der Waals surface area contributed by atoms with E-state index in [1.807, 2.05) is 0 Å². The maximum atomic E-state index is 13.1. The van der Waals surface area contributed by atoms with Crippen LogP contribution in [-0.2, 0) is 65.4 Å². The van der Waals surface area contributed by atoms with Crippen molar-refractivity contribution in [2.45, 2.75) is 400 Å². The van der Waals surface area contributed by atoms with Crippen molar-refractivity contribution in [3.05, 3.63) is 0 Å². The number of hydrogen-bond acceptors (Lipinski definition) is 15. The fourth-order valence-corrected chi connectivity index (χ4v) is 12.8. The molecule has 0 bridgehead atoms. The van der Waals surface area contributed by atoms with Crippen LogP contribution in [0.3, 0.4) is 0 Å². The summed E-state index contributed by atoms with van der Waals surface area (Å²) in [4.78, 5) is 72.6. The summed E-state index contributed by atoms with van der Waals surface area (Å²) in [6, 6.07) is 0. The molecule has 0 heterocycles. The van der Waals surface area contributed by atoms with Gasteiger partial charge in [-0.3, -0.25) is 37.3 Å². The number of aliphatic hydroxyl groups is 1. The molecule has 19 heteroatoms. The second-order valence-electron chi connectivity index (χ2n) is 26.8. The predicted octanol–water partition coefficient (Wildman–Crippen LogP) is 21.3. The highest BCUT2D eigenvalue weighted by Crippen LogP contribution is 2.45. The molecule has 0 amide bonds. The quantitative estimate of drug-likeness (QED) is 0.0222. The molecule has 0 rings (SSSR count). The minimum Gasteiger partial charge on any atom is -0.462 e. The number of unbranched alkanes of at least 4 members (excludes halogenated alkanes) is 45. The van der Waals surface area contributed by atoms with Crippen LogP contribution in [0.25, 0.3) is 0 Å². The molecule has 546 valence electrons. The second-order valence-corrected chi connectivity index (χ2v) is 29.7. The third kappa shape index (κ3) is 66.7. The average molecular weight is 1350 g/mol. The molecular weight excluding hydrogens is 1210 g/mol. The number of ether oxygens (including phenoxy) is 4. The van der Waals surface area contributed by atoms with E-state index in [0.717, 1.165) is 95.8 Å². The Kier molecular flexibility index (Phi) is 64.9. The third-order valence-electron chi connectivity index (χ3n) is 17.0. The van der Waals surface area contributed by atoms with Crippen molar-refractivity contribution >= 4 is 39.5 Å². The Balaban J connectivity index is 5.24. The largest absolute Gasteiger partial charge is 0.472 e. The molecule has 0 spiro atoms. The number of hydrogen-bond donors (Lipinski definition) is 3. The summed E-state index contributed by atoms with van der Waals surface area (Å²) in [7, 11) is -9.90. The van der Waals surface area contributed by atoms with Gasteiger partial charge < -0.3 is 33.8 Å². The molecule has 0 aliphatic carbocycles. The summed E-state index contributed by atoms with van der Waals surface area (Å²) in [6.45, 7) is 7.27. The fraction of sp³-hybridized carbons (Fsp3) is 0.945. The maximum absolute atomic E-state index is 13.1. The molecule has 0 aromatic heterocycles. The van der Waals surface area contributed by atoms with Crippen molar-refractivity contribution in [1.29, 1.82) is 0 Å². The van der Waals surface area contributed by atoms with Gasteiger partial charge in [-0.25, -0.2) is 9.13 Å². The van der Waals surface area contributed by atoms with Crippen LogP contribution in [0.2, 0.25) is 0 Å². The SMILES string of the molecule is CCCCCCCCCCCCCCCCCCC(=O)O[C@H](COC(=O)CCCCCCCCCCCCCC(C)C)COP(=O)(O)OC[C@@H](O)COP(=O)(O)OC[C@@H](COC(=O)CCCCCCCCCCC)OC(=O)CCCCCCCCCCCCCCC. The summed E-state index contributed by atoms with van der Waals surface area (Å²) in [5, 5.41) is 10.6. The Bertz CT molecular complexity index is 1770. The maximum Gasteiger partial charge on any atom is 0.472 e. The van der Waals surface area contributed by atoms with E-state index < -0.39 is 97.5 Å². The molecule has 17 nitrogen and oxygen atoms in total. The lowest BCUT2D eigenvalue weighted by Gasteiger charge is -2.21. The molecule has 2 unspecified atom stereocenters. The topological polar surface area (TPSA) is 237 Å². The van der Waals surface area contributed by atoms with Gasteiger partial charge in [0.25, 0.3) is 0 Å². The first-order valence-corrected chi connectivity index (χ1v) is 41.1. The average Bonchev–Trinajstić information content (AvgIpc) is 1.36. The number of rotatable bonds is 73. The summed E-state index contributed by atoms with van der Waals surface area (Å²) in [6.07, 6.45) is 53.9. The van der Waals surface area contributed by atoms with Crippen LogP contribution < -0.4 is 0 Å². The Morgan fingerprint density at radius 3 is 0.739 bits per heavy atom. The van der Waals surface area contributed by atoms with E-state index in [9.17, 15) is 43.2 Å². The highest BCUT2D eigenvalue weighted by molar-refractivity contribution is 7.47. The summed E-state index contributed by atoms with van der Waals surface area (Å²) < 4.78 is 68.4. The highest BCUT2D eigenvalue weighted by Gasteiger charge is 2.30. The third-order valence-corrected chi connectivity index (χ3v) is 18.9. The van der Waals surface area contributed by atoms with Crippen molar-refractivity contribution in [3.8, 4) is 0 Å². The van der Waals surface area contributed by atoms with E-state index in [2.05, 4.69) is 34.6 Å². The van der Waals surface area contributed by atoms with Crippen molar-refractivity contribution in [1.82, 2.24) is 0 Å². The zero-order valence-electron chi connectivity index (χ0n) is 59.7. The van der Waals surface area contributed by atoms with Crippen molar-refractivity contribution in [2.75, 3.05) is 39.6 Å². The van der Waals surface area contributed by atoms with Crippen LogP contribution in [0.15, 0.2) is 0 Å². The van der Waals surface area contributed by atoms with Gasteiger partial charge in [-0.05, 0) is 31.6 Å². The molecule has 0 radical (unpaired) electrons. The van der Waals surface area contributed by atoms with E-state index >= 15 is 0 Å². The van der Waals surface area contributed by atoms with Gasteiger partial charge in [-0.2, -0.15) is 0 Å².